The van der Waals surface area contributed by atoms with Gasteiger partial charge >= 0.3 is 0 Å². The zero-order chi connectivity index (χ0) is 13.8. The molecule has 1 aliphatic heterocycles. The smallest absolute Gasteiger partial charge is 0.124 e. The highest BCUT2D eigenvalue weighted by molar-refractivity contribution is 5.47. The van der Waals surface area contributed by atoms with Crippen molar-refractivity contribution in [2.45, 2.75) is 38.3 Å². The maximum Gasteiger partial charge on any atom is 0.124 e. The third kappa shape index (κ3) is 3.19. The van der Waals surface area contributed by atoms with Gasteiger partial charge in [-0.15, -0.1) is 0 Å². The van der Waals surface area contributed by atoms with Crippen molar-refractivity contribution in [2.24, 2.45) is 5.73 Å². The molecule has 19 heavy (non-hydrogen) atoms. The number of nitrogens with two attached hydrogens (primary N) is 1. The minimum Gasteiger partial charge on any atom is -0.496 e. The van der Waals surface area contributed by atoms with Crippen LogP contribution in [0.4, 0.5) is 0 Å². The van der Waals surface area contributed by atoms with Crippen LogP contribution in [-0.4, -0.2) is 26.8 Å². The van der Waals surface area contributed by atoms with Crippen LogP contribution in [-0.2, 0) is 0 Å². The van der Waals surface area contributed by atoms with Crippen molar-refractivity contribution in [1.29, 1.82) is 0 Å². The van der Waals surface area contributed by atoms with E-state index < -0.39 is 0 Å². The molecule has 4 heteroatoms. The van der Waals surface area contributed by atoms with Crippen LogP contribution in [0.1, 0.15) is 36.4 Å². The summed E-state index contributed by atoms with van der Waals surface area (Å²) in [6.07, 6.45) is 3.38. The van der Waals surface area contributed by atoms with Crippen molar-refractivity contribution in [3.05, 3.63) is 23.3 Å². The second-order valence-electron chi connectivity index (χ2n) is 5.20. The van der Waals surface area contributed by atoms with E-state index in [2.05, 4.69) is 5.32 Å². The largest absolute Gasteiger partial charge is 0.496 e. The van der Waals surface area contributed by atoms with Gasteiger partial charge in [-0.25, -0.2) is 0 Å². The van der Waals surface area contributed by atoms with Gasteiger partial charge in [0.1, 0.15) is 11.5 Å². The topological polar surface area (TPSA) is 56.5 Å². The molecule has 2 rings (SSSR count). The van der Waals surface area contributed by atoms with Crippen LogP contribution >= 0.6 is 0 Å². The predicted octanol–water partition coefficient (Wildman–Crippen LogP) is 2.15. The first kappa shape index (κ1) is 14.2. The van der Waals surface area contributed by atoms with Gasteiger partial charge in [-0.1, -0.05) is 0 Å². The van der Waals surface area contributed by atoms with Crippen LogP contribution in [0.3, 0.4) is 0 Å². The first-order valence-electron chi connectivity index (χ1n) is 6.87. The zero-order valence-corrected chi connectivity index (χ0v) is 12.0. The van der Waals surface area contributed by atoms with E-state index in [1.165, 1.54) is 12.8 Å². The Morgan fingerprint density at radius 3 is 2.63 bits per heavy atom. The minimum absolute atomic E-state index is 0.0277. The molecule has 1 aliphatic rings. The molecule has 0 spiro atoms. The van der Waals surface area contributed by atoms with E-state index in [1.807, 2.05) is 19.1 Å². The fraction of sp³-hybridized carbons (Fsp3) is 0.600. The molecule has 1 aromatic carbocycles. The van der Waals surface area contributed by atoms with E-state index in [0.29, 0.717) is 6.04 Å². The van der Waals surface area contributed by atoms with Gasteiger partial charge in [0.25, 0.3) is 0 Å². The van der Waals surface area contributed by atoms with E-state index in [9.17, 15) is 0 Å². The third-order valence-corrected chi connectivity index (χ3v) is 3.85. The van der Waals surface area contributed by atoms with E-state index in [1.54, 1.807) is 14.2 Å². The molecule has 0 amide bonds. The third-order valence-electron chi connectivity index (χ3n) is 3.85. The summed E-state index contributed by atoms with van der Waals surface area (Å²) in [5.74, 6) is 1.72. The first-order valence-corrected chi connectivity index (χ1v) is 6.87. The second-order valence-corrected chi connectivity index (χ2v) is 5.20. The van der Waals surface area contributed by atoms with Crippen molar-refractivity contribution in [2.75, 3.05) is 20.8 Å². The Morgan fingerprint density at radius 1 is 1.32 bits per heavy atom. The molecular weight excluding hydrogens is 240 g/mol. The van der Waals surface area contributed by atoms with Crippen molar-refractivity contribution in [1.82, 2.24) is 5.32 Å². The van der Waals surface area contributed by atoms with Gasteiger partial charge in [-0.05, 0) is 50.4 Å². The number of aryl methyl sites for hydroxylation is 1. The molecule has 106 valence electrons. The van der Waals surface area contributed by atoms with Gasteiger partial charge in [0.05, 0.1) is 14.2 Å². The molecule has 2 unspecified atom stereocenters. The van der Waals surface area contributed by atoms with Crippen molar-refractivity contribution in [3.8, 4) is 11.5 Å². The molecule has 1 fully saturated rings. The molecule has 3 N–H and O–H groups in total. The molecule has 0 aliphatic carbocycles. The Kier molecular flexibility index (Phi) is 4.66. The van der Waals surface area contributed by atoms with Crippen molar-refractivity contribution < 1.29 is 9.47 Å². The summed E-state index contributed by atoms with van der Waals surface area (Å²) in [5.41, 5.74) is 8.44. The maximum absolute atomic E-state index is 6.35. The highest BCUT2D eigenvalue weighted by Crippen LogP contribution is 2.33. The Bertz CT molecular complexity index is 428. The zero-order valence-electron chi connectivity index (χ0n) is 12.0. The molecule has 1 saturated heterocycles. The van der Waals surface area contributed by atoms with Gasteiger partial charge in [0.15, 0.2) is 0 Å². The maximum atomic E-state index is 6.35. The number of methoxy groups -OCH3 is 2. The summed E-state index contributed by atoms with van der Waals surface area (Å²) in [7, 11) is 3.37. The molecule has 4 nitrogen and oxygen atoms in total. The molecule has 1 heterocycles. The van der Waals surface area contributed by atoms with Gasteiger partial charge in [-0.3, -0.25) is 0 Å². The lowest BCUT2D eigenvalue weighted by Gasteiger charge is -2.21. The average Bonchev–Trinajstić information content (AvgIpc) is 2.91. The lowest BCUT2D eigenvalue weighted by Crippen LogP contribution is -2.27. The highest BCUT2D eigenvalue weighted by atomic mass is 16.5. The van der Waals surface area contributed by atoms with Gasteiger partial charge in [0, 0.05) is 17.6 Å². The quantitative estimate of drug-likeness (QED) is 0.855. The molecule has 0 bridgehead atoms. The van der Waals surface area contributed by atoms with Crippen LogP contribution in [0, 0.1) is 6.92 Å². The SMILES string of the molecule is COc1cc(C(N)CC2CCCN2)c(OC)cc1C. The lowest BCUT2D eigenvalue weighted by atomic mass is 9.97. The predicted molar refractivity (Wildman–Crippen MR) is 76.9 cm³/mol. The number of benzene rings is 1. The standard InChI is InChI=1S/C15H24N2O2/c1-10-7-15(19-3)12(9-14(10)18-2)13(16)8-11-5-4-6-17-11/h7,9,11,13,17H,4-6,8,16H2,1-3H3. The van der Waals surface area contributed by atoms with E-state index in [0.717, 1.165) is 35.6 Å². The summed E-state index contributed by atoms with van der Waals surface area (Å²) >= 11 is 0. The van der Waals surface area contributed by atoms with Gasteiger partial charge in [0.2, 0.25) is 0 Å². The monoisotopic (exact) mass is 264 g/mol. The average molecular weight is 264 g/mol. The molecule has 2 atom stereocenters. The Hall–Kier alpha value is -1.26. The Balaban J connectivity index is 2.20. The van der Waals surface area contributed by atoms with Crippen LogP contribution in [0.2, 0.25) is 0 Å². The molecule has 0 saturated carbocycles. The summed E-state index contributed by atoms with van der Waals surface area (Å²) < 4.78 is 10.8. The van der Waals surface area contributed by atoms with Crippen LogP contribution < -0.4 is 20.5 Å². The van der Waals surface area contributed by atoms with E-state index >= 15 is 0 Å². The summed E-state index contributed by atoms with van der Waals surface area (Å²) in [4.78, 5) is 0. The first-order chi connectivity index (χ1) is 9.15. The van der Waals surface area contributed by atoms with Crippen molar-refractivity contribution in [3.63, 3.8) is 0 Å². The molecule has 1 aromatic rings. The fourth-order valence-electron chi connectivity index (χ4n) is 2.76. The van der Waals surface area contributed by atoms with Crippen LogP contribution in [0.5, 0.6) is 11.5 Å². The Labute approximate surface area is 115 Å². The number of hydrogen-bond donors (Lipinski definition) is 2. The molecule has 0 aromatic heterocycles. The van der Waals surface area contributed by atoms with Crippen LogP contribution in [0.15, 0.2) is 12.1 Å². The van der Waals surface area contributed by atoms with Crippen molar-refractivity contribution >= 4 is 0 Å². The highest BCUT2D eigenvalue weighted by Gasteiger charge is 2.21. The minimum atomic E-state index is -0.0277. The van der Waals surface area contributed by atoms with Gasteiger partial charge < -0.3 is 20.5 Å². The fourth-order valence-corrected chi connectivity index (χ4v) is 2.76. The Morgan fingerprint density at radius 2 is 2.05 bits per heavy atom. The number of ether oxygens (including phenoxy) is 2. The summed E-state index contributed by atoms with van der Waals surface area (Å²) in [6, 6.07) is 4.50. The number of hydrogen-bond acceptors (Lipinski definition) is 4. The van der Waals surface area contributed by atoms with E-state index in [-0.39, 0.29) is 6.04 Å². The summed E-state index contributed by atoms with van der Waals surface area (Å²) in [6.45, 7) is 3.11. The number of rotatable bonds is 5. The molecule has 0 radical (unpaired) electrons. The second kappa shape index (κ2) is 6.26. The van der Waals surface area contributed by atoms with Gasteiger partial charge in [-0.2, -0.15) is 0 Å². The molecular formula is C15H24N2O2. The summed E-state index contributed by atoms with van der Waals surface area (Å²) in [5, 5.41) is 3.48. The normalized spacial score (nSPS) is 20.3. The lowest BCUT2D eigenvalue weighted by molar-refractivity contribution is 0.388. The van der Waals surface area contributed by atoms with E-state index in [4.69, 9.17) is 15.2 Å². The van der Waals surface area contributed by atoms with Crippen LogP contribution in [0.25, 0.3) is 0 Å². The number of nitrogens with one attached hydrogen (secondary N) is 1.